The predicted octanol–water partition coefficient (Wildman–Crippen LogP) is 0.236. The third-order valence-electron chi connectivity index (χ3n) is 2.18. The van der Waals surface area contributed by atoms with Gasteiger partial charge >= 0.3 is 0 Å². The van der Waals surface area contributed by atoms with Gasteiger partial charge in [0.2, 0.25) is 0 Å². The Kier molecular flexibility index (Phi) is 3.02. The lowest BCUT2D eigenvalue weighted by atomic mass is 10.4. The Hall–Kier alpha value is -2.75. The Balaban J connectivity index is 2.35. The van der Waals surface area contributed by atoms with Crippen LogP contribution in [0.15, 0.2) is 24.5 Å². The fourth-order valence-corrected chi connectivity index (χ4v) is 1.30. The summed E-state index contributed by atoms with van der Waals surface area (Å²) in [4.78, 5) is 21.1. The second-order valence-corrected chi connectivity index (χ2v) is 3.70. The molecule has 0 radical (unpaired) electrons. The van der Waals surface area contributed by atoms with Gasteiger partial charge in [0, 0.05) is 26.5 Å². The van der Waals surface area contributed by atoms with Gasteiger partial charge in [0.05, 0.1) is 0 Å². The second kappa shape index (κ2) is 4.63. The van der Waals surface area contributed by atoms with Crippen molar-refractivity contribution < 1.29 is 4.79 Å². The molecule has 2 aromatic heterocycles. The molecule has 0 fully saturated rings. The lowest BCUT2D eigenvalue weighted by Crippen LogP contribution is -2.22. The SMILES string of the molecule is CN(C)C(=O)c1ccn(-c2nccc(C#N)n2)n1. The molecule has 0 spiro atoms. The maximum Gasteiger partial charge on any atom is 0.273 e. The van der Waals surface area contributed by atoms with E-state index in [-0.39, 0.29) is 17.5 Å². The molecule has 7 nitrogen and oxygen atoms in total. The summed E-state index contributed by atoms with van der Waals surface area (Å²) in [7, 11) is 3.29. The number of nitrogens with zero attached hydrogens (tertiary/aromatic N) is 6. The van der Waals surface area contributed by atoms with E-state index in [1.54, 1.807) is 26.4 Å². The fraction of sp³-hybridized carbons (Fsp3) is 0.182. The number of carbonyl (C=O) groups excluding carboxylic acids is 1. The Morgan fingerprint density at radius 3 is 2.89 bits per heavy atom. The number of hydrogen-bond acceptors (Lipinski definition) is 5. The van der Waals surface area contributed by atoms with Crippen LogP contribution in [0.3, 0.4) is 0 Å². The average Bonchev–Trinajstić information content (AvgIpc) is 2.87. The van der Waals surface area contributed by atoms with E-state index in [0.717, 1.165) is 0 Å². The maximum atomic E-state index is 11.7. The molecule has 18 heavy (non-hydrogen) atoms. The molecule has 0 aliphatic rings. The molecule has 0 unspecified atom stereocenters. The number of hydrogen-bond donors (Lipinski definition) is 0. The highest BCUT2D eigenvalue weighted by Gasteiger charge is 2.12. The lowest BCUT2D eigenvalue weighted by Gasteiger charge is -2.06. The number of rotatable bonds is 2. The number of amides is 1. The van der Waals surface area contributed by atoms with E-state index >= 15 is 0 Å². The first-order valence-corrected chi connectivity index (χ1v) is 5.12. The van der Waals surface area contributed by atoms with Crippen molar-refractivity contribution in [2.24, 2.45) is 0 Å². The largest absolute Gasteiger partial charge is 0.343 e. The van der Waals surface area contributed by atoms with Gasteiger partial charge in [-0.05, 0) is 12.1 Å². The highest BCUT2D eigenvalue weighted by atomic mass is 16.2. The van der Waals surface area contributed by atoms with Gasteiger partial charge in [-0.25, -0.2) is 14.6 Å². The molecule has 2 rings (SSSR count). The van der Waals surface area contributed by atoms with Gasteiger partial charge in [0.15, 0.2) is 5.69 Å². The van der Waals surface area contributed by atoms with Crippen LogP contribution in [0.2, 0.25) is 0 Å². The van der Waals surface area contributed by atoms with Gasteiger partial charge in [0.25, 0.3) is 11.9 Å². The zero-order chi connectivity index (χ0) is 13.1. The van der Waals surface area contributed by atoms with Crippen LogP contribution in [-0.4, -0.2) is 44.7 Å². The van der Waals surface area contributed by atoms with Crippen LogP contribution in [0.5, 0.6) is 0 Å². The van der Waals surface area contributed by atoms with Gasteiger partial charge in [-0.3, -0.25) is 4.79 Å². The summed E-state index contributed by atoms with van der Waals surface area (Å²) in [6, 6.07) is 4.99. The van der Waals surface area contributed by atoms with E-state index in [0.29, 0.717) is 5.69 Å². The molecule has 90 valence electrons. The Morgan fingerprint density at radius 2 is 2.22 bits per heavy atom. The van der Waals surface area contributed by atoms with Crippen molar-refractivity contribution in [3.8, 4) is 12.0 Å². The first-order valence-electron chi connectivity index (χ1n) is 5.12. The Labute approximate surface area is 103 Å². The van der Waals surface area contributed by atoms with Crippen molar-refractivity contribution in [3.05, 3.63) is 35.9 Å². The van der Waals surface area contributed by atoms with Crippen molar-refractivity contribution in [2.75, 3.05) is 14.1 Å². The van der Waals surface area contributed by atoms with Gasteiger partial charge in [0.1, 0.15) is 11.8 Å². The molecule has 0 saturated heterocycles. The molecular formula is C11H10N6O. The number of aromatic nitrogens is 4. The molecule has 1 amide bonds. The lowest BCUT2D eigenvalue weighted by molar-refractivity contribution is 0.0821. The summed E-state index contributed by atoms with van der Waals surface area (Å²) in [5.41, 5.74) is 0.543. The van der Waals surface area contributed by atoms with Crippen molar-refractivity contribution in [1.29, 1.82) is 5.26 Å². The van der Waals surface area contributed by atoms with Gasteiger partial charge < -0.3 is 4.90 Å². The topological polar surface area (TPSA) is 87.7 Å². The Bertz CT molecular complexity index is 624. The third-order valence-corrected chi connectivity index (χ3v) is 2.18. The zero-order valence-electron chi connectivity index (χ0n) is 9.90. The maximum absolute atomic E-state index is 11.7. The molecule has 7 heteroatoms. The van der Waals surface area contributed by atoms with Crippen LogP contribution in [0, 0.1) is 11.3 Å². The highest BCUT2D eigenvalue weighted by Crippen LogP contribution is 2.04. The van der Waals surface area contributed by atoms with E-state index < -0.39 is 0 Å². The van der Waals surface area contributed by atoms with Crippen LogP contribution >= 0.6 is 0 Å². The quantitative estimate of drug-likeness (QED) is 0.752. The highest BCUT2D eigenvalue weighted by molar-refractivity contribution is 5.91. The normalized spacial score (nSPS) is 9.83. The first kappa shape index (κ1) is 11.7. The smallest absolute Gasteiger partial charge is 0.273 e. The minimum atomic E-state index is -0.204. The summed E-state index contributed by atoms with van der Waals surface area (Å²) < 4.78 is 1.36. The van der Waals surface area contributed by atoms with Gasteiger partial charge in [-0.2, -0.15) is 10.4 Å². The first-order chi connectivity index (χ1) is 8.61. The molecule has 2 heterocycles. The summed E-state index contributed by atoms with van der Waals surface area (Å²) in [6.07, 6.45) is 3.04. The van der Waals surface area contributed by atoms with Gasteiger partial charge in [-0.1, -0.05) is 0 Å². The molecule has 0 aliphatic carbocycles. The average molecular weight is 242 g/mol. The molecule has 0 bridgehead atoms. The zero-order valence-corrected chi connectivity index (χ0v) is 9.90. The predicted molar refractivity (Wildman–Crippen MR) is 61.9 cm³/mol. The van der Waals surface area contributed by atoms with E-state index in [4.69, 9.17) is 5.26 Å². The minimum Gasteiger partial charge on any atom is -0.343 e. The summed E-state index contributed by atoms with van der Waals surface area (Å²) in [5, 5.41) is 12.8. The molecule has 0 aliphatic heterocycles. The van der Waals surface area contributed by atoms with Crippen molar-refractivity contribution in [1.82, 2.24) is 24.6 Å². The summed E-state index contributed by atoms with van der Waals surface area (Å²) in [5.74, 6) is 0.0528. The second-order valence-electron chi connectivity index (χ2n) is 3.70. The van der Waals surface area contributed by atoms with Crippen LogP contribution in [0.1, 0.15) is 16.2 Å². The molecule has 0 N–H and O–H groups in total. The van der Waals surface area contributed by atoms with Crippen molar-refractivity contribution in [2.45, 2.75) is 0 Å². The number of nitriles is 1. The molecule has 0 aromatic carbocycles. The fourth-order valence-electron chi connectivity index (χ4n) is 1.30. The molecule has 2 aromatic rings. The van der Waals surface area contributed by atoms with Crippen molar-refractivity contribution in [3.63, 3.8) is 0 Å². The molecule has 0 saturated carbocycles. The van der Waals surface area contributed by atoms with E-state index in [2.05, 4.69) is 15.1 Å². The molecule has 0 atom stereocenters. The van der Waals surface area contributed by atoms with Crippen LogP contribution < -0.4 is 0 Å². The summed E-state index contributed by atoms with van der Waals surface area (Å²) in [6.45, 7) is 0. The van der Waals surface area contributed by atoms with Crippen LogP contribution in [0.4, 0.5) is 0 Å². The molecular weight excluding hydrogens is 232 g/mol. The monoisotopic (exact) mass is 242 g/mol. The Morgan fingerprint density at radius 1 is 1.44 bits per heavy atom. The van der Waals surface area contributed by atoms with E-state index in [9.17, 15) is 4.79 Å². The van der Waals surface area contributed by atoms with E-state index in [1.165, 1.54) is 21.8 Å². The number of carbonyl (C=O) groups is 1. The standard InChI is InChI=1S/C11H10N6O/c1-16(2)10(18)9-4-6-17(15-9)11-13-5-3-8(7-12)14-11/h3-6H,1-2H3. The van der Waals surface area contributed by atoms with Crippen LogP contribution in [-0.2, 0) is 0 Å². The van der Waals surface area contributed by atoms with E-state index in [1.807, 2.05) is 6.07 Å². The van der Waals surface area contributed by atoms with Gasteiger partial charge in [-0.15, -0.1) is 0 Å². The van der Waals surface area contributed by atoms with Crippen LogP contribution in [0.25, 0.3) is 5.95 Å². The summed E-state index contributed by atoms with van der Waals surface area (Å²) >= 11 is 0. The van der Waals surface area contributed by atoms with Crippen molar-refractivity contribution >= 4 is 5.91 Å². The minimum absolute atomic E-state index is 0.204. The third kappa shape index (κ3) is 2.17.